The number of carbonyl (C=O) groups is 1. The summed E-state index contributed by atoms with van der Waals surface area (Å²) >= 11 is 0. The molecule has 0 radical (unpaired) electrons. The molecule has 0 saturated carbocycles. The summed E-state index contributed by atoms with van der Waals surface area (Å²) in [4.78, 5) is 24.2. The second kappa shape index (κ2) is 13.0. The quantitative estimate of drug-likeness (QED) is 0.158. The minimum absolute atomic E-state index is 0.0565. The first kappa shape index (κ1) is 25.6. The lowest BCUT2D eigenvalue weighted by Crippen LogP contribution is -2.63. The highest BCUT2D eigenvalue weighted by Crippen LogP contribution is 2.39. The van der Waals surface area contributed by atoms with Crippen LogP contribution in [0.25, 0.3) is 0 Å². The van der Waals surface area contributed by atoms with Gasteiger partial charge in [-0.05, 0) is 45.4 Å². The predicted molar refractivity (Wildman–Crippen MR) is 134 cm³/mol. The minimum atomic E-state index is -0.182. The predicted octanol–water partition coefficient (Wildman–Crippen LogP) is 3.29. The maximum atomic E-state index is 12.9. The summed E-state index contributed by atoms with van der Waals surface area (Å²) in [5.41, 5.74) is 10.7. The van der Waals surface area contributed by atoms with E-state index < -0.39 is 0 Å². The minimum Gasteiger partial charge on any atom is -0.465 e. The number of ether oxygens (including phenoxy) is 1. The normalized spacial score (nSPS) is 28.0. The highest BCUT2D eigenvalue weighted by atomic mass is 16.5. The second-order valence-electron chi connectivity index (χ2n) is 10.1. The van der Waals surface area contributed by atoms with Gasteiger partial charge in [-0.2, -0.15) is 0 Å². The number of rotatable bonds is 14. The third-order valence-corrected chi connectivity index (χ3v) is 7.46. The van der Waals surface area contributed by atoms with Crippen molar-refractivity contribution < 1.29 is 9.53 Å². The van der Waals surface area contributed by atoms with Crippen molar-refractivity contribution in [3.63, 3.8) is 0 Å². The zero-order valence-electron chi connectivity index (χ0n) is 20.8. The van der Waals surface area contributed by atoms with Crippen molar-refractivity contribution in [1.29, 1.82) is 0 Å². The Morgan fingerprint density at radius 3 is 2.64 bits per heavy atom. The average molecular weight is 463 g/mol. The molecule has 3 aliphatic rings. The van der Waals surface area contributed by atoms with Crippen LogP contribution in [0.4, 0.5) is 0 Å². The molecule has 0 aromatic heterocycles. The van der Waals surface area contributed by atoms with E-state index in [0.29, 0.717) is 25.2 Å². The molecule has 3 heterocycles. The van der Waals surface area contributed by atoms with Gasteiger partial charge in [0.1, 0.15) is 0 Å². The van der Waals surface area contributed by atoms with Crippen molar-refractivity contribution in [3.8, 4) is 0 Å². The van der Waals surface area contributed by atoms with Crippen LogP contribution >= 0.6 is 0 Å². The zero-order chi connectivity index (χ0) is 23.6. The van der Waals surface area contributed by atoms with E-state index in [1.54, 1.807) is 0 Å². The third kappa shape index (κ3) is 7.24. The maximum absolute atomic E-state index is 12.9. The number of hydrogen-bond acceptors (Lipinski definition) is 6. The molecule has 2 saturated heterocycles. The summed E-state index contributed by atoms with van der Waals surface area (Å²) in [5.74, 6) is 0.837. The van der Waals surface area contributed by atoms with E-state index in [1.807, 2.05) is 0 Å². The Hall–Kier alpha value is -1.99. The molecular formula is C25H46N6O2. The molecular weight excluding hydrogens is 416 g/mol. The monoisotopic (exact) mass is 462 g/mol. The lowest BCUT2D eigenvalue weighted by molar-refractivity contribution is -0.151. The molecule has 0 aliphatic carbocycles. The van der Waals surface area contributed by atoms with Crippen molar-refractivity contribution in [2.24, 2.45) is 27.4 Å². The van der Waals surface area contributed by atoms with Crippen LogP contribution in [0.1, 0.15) is 97.3 Å². The molecule has 8 heteroatoms. The highest BCUT2D eigenvalue weighted by molar-refractivity contribution is 5.86. The van der Waals surface area contributed by atoms with Gasteiger partial charge < -0.3 is 26.4 Å². The Bertz CT molecular complexity index is 678. The summed E-state index contributed by atoms with van der Waals surface area (Å²) in [6.45, 7) is 5.30. The van der Waals surface area contributed by atoms with E-state index in [-0.39, 0.29) is 29.9 Å². The number of aliphatic imine (C=N–C) groups is 2. The Morgan fingerprint density at radius 1 is 1.12 bits per heavy atom. The summed E-state index contributed by atoms with van der Waals surface area (Å²) < 4.78 is 5.64. The van der Waals surface area contributed by atoms with Crippen LogP contribution in [0.2, 0.25) is 0 Å². The van der Waals surface area contributed by atoms with Crippen LogP contribution < -0.4 is 16.8 Å². The van der Waals surface area contributed by atoms with Crippen LogP contribution in [0.3, 0.4) is 0 Å². The van der Waals surface area contributed by atoms with Gasteiger partial charge in [-0.3, -0.25) is 9.79 Å². The van der Waals surface area contributed by atoms with Crippen molar-refractivity contribution in [2.45, 2.75) is 121 Å². The van der Waals surface area contributed by atoms with E-state index in [1.165, 1.54) is 51.4 Å². The first-order chi connectivity index (χ1) is 16.0. The Balaban J connectivity index is 1.45. The SMILES string of the molecule is CCCCCCCCC[C@H]1C[C@H]2CC[C@H]3[C@@H](C(=O)OCCCCN=C(N)N)[C@@H](C)N=C(N1)N23. The Labute approximate surface area is 200 Å². The van der Waals surface area contributed by atoms with Crippen molar-refractivity contribution in [2.75, 3.05) is 13.2 Å². The number of nitrogens with zero attached hydrogens (tertiary/aromatic N) is 3. The van der Waals surface area contributed by atoms with E-state index in [9.17, 15) is 4.79 Å². The van der Waals surface area contributed by atoms with Gasteiger partial charge in [0, 0.05) is 24.7 Å². The van der Waals surface area contributed by atoms with E-state index in [0.717, 1.165) is 38.1 Å². The molecule has 3 rings (SSSR count). The number of nitrogens with two attached hydrogens (primary N) is 2. The number of carbonyl (C=O) groups excluding carboxylic acids is 1. The van der Waals surface area contributed by atoms with Crippen molar-refractivity contribution in [3.05, 3.63) is 0 Å². The number of esters is 1. The molecule has 33 heavy (non-hydrogen) atoms. The van der Waals surface area contributed by atoms with Gasteiger partial charge in [-0.15, -0.1) is 0 Å². The molecule has 0 spiro atoms. The first-order valence-electron chi connectivity index (χ1n) is 13.4. The largest absolute Gasteiger partial charge is 0.465 e. The molecule has 188 valence electrons. The Kier molecular flexibility index (Phi) is 10.1. The summed E-state index contributed by atoms with van der Waals surface area (Å²) in [7, 11) is 0. The molecule has 0 aromatic rings. The lowest BCUT2D eigenvalue weighted by atomic mass is 9.89. The Morgan fingerprint density at radius 2 is 1.88 bits per heavy atom. The maximum Gasteiger partial charge on any atom is 0.313 e. The van der Waals surface area contributed by atoms with Gasteiger partial charge in [0.05, 0.1) is 18.6 Å². The first-order valence-corrected chi connectivity index (χ1v) is 13.4. The topological polar surface area (TPSA) is 118 Å². The molecule has 3 aliphatic heterocycles. The van der Waals surface area contributed by atoms with Gasteiger partial charge in [0.2, 0.25) is 0 Å². The molecule has 0 unspecified atom stereocenters. The van der Waals surface area contributed by atoms with Gasteiger partial charge in [0.25, 0.3) is 0 Å². The van der Waals surface area contributed by atoms with Crippen LogP contribution in [0.5, 0.6) is 0 Å². The third-order valence-electron chi connectivity index (χ3n) is 7.46. The average Bonchev–Trinajstić information content (AvgIpc) is 3.19. The second-order valence-corrected chi connectivity index (χ2v) is 10.1. The molecule has 0 aromatic carbocycles. The van der Waals surface area contributed by atoms with Gasteiger partial charge >= 0.3 is 5.97 Å². The van der Waals surface area contributed by atoms with Crippen LogP contribution in [0.15, 0.2) is 9.98 Å². The standard InChI is InChI=1S/C25H46N6O2/c1-3-4-5-6-7-8-9-12-19-17-20-13-14-21-22(18(2)29-25(30-19)31(20)21)23(32)33-16-11-10-15-28-24(26)27/h18-22H,3-17H2,1-2H3,(H,29,30)(H4,26,27,28)/t18-,19+,20-,21+,22+/m1/s1. The molecule has 5 atom stereocenters. The fraction of sp³-hybridized carbons (Fsp3) is 0.880. The van der Waals surface area contributed by atoms with Crippen molar-refractivity contribution in [1.82, 2.24) is 10.2 Å². The zero-order valence-corrected chi connectivity index (χ0v) is 20.8. The van der Waals surface area contributed by atoms with E-state index in [4.69, 9.17) is 21.2 Å². The number of hydrogen-bond donors (Lipinski definition) is 3. The van der Waals surface area contributed by atoms with Crippen molar-refractivity contribution >= 4 is 17.9 Å². The molecule has 5 N–H and O–H groups in total. The fourth-order valence-corrected chi connectivity index (χ4v) is 5.75. The number of unbranched alkanes of at least 4 members (excludes halogenated alkanes) is 7. The number of nitrogens with one attached hydrogen (secondary N) is 1. The van der Waals surface area contributed by atoms with Crippen LogP contribution in [-0.2, 0) is 9.53 Å². The molecule has 0 amide bonds. The van der Waals surface area contributed by atoms with Gasteiger partial charge in [0.15, 0.2) is 11.9 Å². The summed E-state index contributed by atoms with van der Waals surface area (Å²) in [5, 5.41) is 3.72. The molecule has 0 bridgehead atoms. The summed E-state index contributed by atoms with van der Waals surface area (Å²) in [6, 6.07) is 1.17. The highest BCUT2D eigenvalue weighted by Gasteiger charge is 2.50. The fourth-order valence-electron chi connectivity index (χ4n) is 5.75. The van der Waals surface area contributed by atoms with E-state index >= 15 is 0 Å². The smallest absolute Gasteiger partial charge is 0.313 e. The summed E-state index contributed by atoms with van der Waals surface area (Å²) in [6.07, 6.45) is 15.6. The van der Waals surface area contributed by atoms with Crippen LogP contribution in [0, 0.1) is 5.92 Å². The lowest BCUT2D eigenvalue weighted by Gasteiger charge is -2.46. The van der Waals surface area contributed by atoms with Crippen LogP contribution in [-0.4, -0.2) is 60.1 Å². The molecule has 8 nitrogen and oxygen atoms in total. The van der Waals surface area contributed by atoms with Gasteiger partial charge in [-0.25, -0.2) is 4.99 Å². The van der Waals surface area contributed by atoms with Gasteiger partial charge in [-0.1, -0.05) is 51.9 Å². The molecule has 2 fully saturated rings. The number of guanidine groups is 2. The van der Waals surface area contributed by atoms with E-state index in [2.05, 4.69) is 29.1 Å².